The fraction of sp³-hybridized carbons (Fsp3) is 0.0667. The summed E-state index contributed by atoms with van der Waals surface area (Å²) < 4.78 is 0. The maximum absolute atomic E-state index is 12.1. The Balaban J connectivity index is 2.08. The summed E-state index contributed by atoms with van der Waals surface area (Å²) in [5.74, 6) is -0.956. The number of anilines is 2. The summed E-state index contributed by atoms with van der Waals surface area (Å²) in [6.07, 6.45) is 0. The van der Waals surface area contributed by atoms with Gasteiger partial charge >= 0.3 is 12.0 Å². The number of hydrogen-bond acceptors (Lipinski definition) is 3. The van der Waals surface area contributed by atoms with Gasteiger partial charge in [-0.2, -0.15) is 0 Å². The van der Waals surface area contributed by atoms with Gasteiger partial charge in [-0.05, 0) is 36.4 Å². The van der Waals surface area contributed by atoms with E-state index in [2.05, 4.69) is 5.32 Å². The molecule has 3 N–H and O–H groups in total. The van der Waals surface area contributed by atoms with Crippen LogP contribution < -0.4 is 10.2 Å². The zero-order valence-corrected chi connectivity index (χ0v) is 11.3. The molecule has 0 radical (unpaired) electrons. The Morgan fingerprint density at radius 1 is 1.10 bits per heavy atom. The number of rotatable bonds is 3. The Bertz CT molecular complexity index is 668. The van der Waals surface area contributed by atoms with Crippen molar-refractivity contribution in [3.8, 4) is 5.75 Å². The fourth-order valence-electron chi connectivity index (χ4n) is 1.72. The molecule has 108 valence electrons. The molecule has 0 fully saturated rings. The molecule has 0 atom stereocenters. The van der Waals surface area contributed by atoms with Gasteiger partial charge in [0.1, 0.15) is 5.75 Å². The van der Waals surface area contributed by atoms with Crippen LogP contribution in [0.3, 0.4) is 0 Å². The lowest BCUT2D eigenvalue weighted by atomic mass is 10.2. The van der Waals surface area contributed by atoms with E-state index in [1.54, 1.807) is 19.2 Å². The zero-order valence-electron chi connectivity index (χ0n) is 11.3. The normalized spacial score (nSPS) is 9.95. The first kappa shape index (κ1) is 14.4. The third-order valence-electron chi connectivity index (χ3n) is 2.90. The van der Waals surface area contributed by atoms with Gasteiger partial charge in [-0.1, -0.05) is 6.07 Å². The Hall–Kier alpha value is -3.02. The number of carbonyl (C=O) groups is 2. The number of hydrogen-bond donors (Lipinski definition) is 3. The number of benzene rings is 2. The Morgan fingerprint density at radius 2 is 1.76 bits per heavy atom. The van der Waals surface area contributed by atoms with Gasteiger partial charge in [0.25, 0.3) is 0 Å². The highest BCUT2D eigenvalue weighted by Crippen LogP contribution is 2.20. The van der Waals surface area contributed by atoms with Crippen LogP contribution in [0, 0.1) is 0 Å². The second kappa shape index (κ2) is 5.96. The van der Waals surface area contributed by atoms with Gasteiger partial charge in [-0.3, -0.25) is 4.90 Å². The first-order chi connectivity index (χ1) is 9.97. The van der Waals surface area contributed by atoms with Crippen LogP contribution in [0.4, 0.5) is 16.2 Å². The van der Waals surface area contributed by atoms with Crippen molar-refractivity contribution in [1.82, 2.24) is 0 Å². The molecule has 2 amide bonds. The third-order valence-corrected chi connectivity index (χ3v) is 2.90. The molecule has 6 nitrogen and oxygen atoms in total. The molecule has 6 heteroatoms. The molecule has 0 spiro atoms. The summed E-state index contributed by atoms with van der Waals surface area (Å²) in [7, 11) is 1.57. The first-order valence-electron chi connectivity index (χ1n) is 6.14. The Kier molecular flexibility index (Phi) is 4.08. The first-order valence-corrected chi connectivity index (χ1v) is 6.14. The minimum absolute atomic E-state index is 0.0676. The lowest BCUT2D eigenvalue weighted by Gasteiger charge is -2.18. The quantitative estimate of drug-likeness (QED) is 0.809. The molecular formula is C15H14N2O4. The zero-order chi connectivity index (χ0) is 15.4. The molecule has 0 heterocycles. The van der Waals surface area contributed by atoms with E-state index >= 15 is 0 Å². The molecule has 0 aliphatic carbocycles. The maximum atomic E-state index is 12.1. The lowest BCUT2D eigenvalue weighted by Crippen LogP contribution is -2.31. The topological polar surface area (TPSA) is 89.9 Å². The average Bonchev–Trinajstić information content (AvgIpc) is 2.47. The van der Waals surface area contributed by atoms with E-state index in [4.69, 9.17) is 5.11 Å². The molecule has 0 saturated carbocycles. The number of carboxylic acids is 1. The number of phenols is 1. The second-order valence-electron chi connectivity index (χ2n) is 4.39. The SMILES string of the molecule is CN(C(=O)Nc1ccc(C(=O)O)cc1)c1cccc(O)c1. The number of aromatic hydroxyl groups is 1. The molecule has 21 heavy (non-hydrogen) atoms. The Labute approximate surface area is 121 Å². The number of amides is 2. The number of phenolic OH excluding ortho intramolecular Hbond substituents is 1. The minimum atomic E-state index is -1.02. The van der Waals surface area contributed by atoms with Crippen LogP contribution in [0.25, 0.3) is 0 Å². The number of nitrogens with zero attached hydrogens (tertiary/aromatic N) is 1. The van der Waals surface area contributed by atoms with Crippen LogP contribution in [-0.4, -0.2) is 29.3 Å². The summed E-state index contributed by atoms with van der Waals surface area (Å²) in [6, 6.07) is 11.7. The fourth-order valence-corrected chi connectivity index (χ4v) is 1.72. The van der Waals surface area contributed by atoms with Crippen molar-refractivity contribution in [2.24, 2.45) is 0 Å². The highest BCUT2D eigenvalue weighted by atomic mass is 16.4. The summed E-state index contributed by atoms with van der Waals surface area (Å²) in [6.45, 7) is 0. The molecule has 0 aromatic heterocycles. The van der Waals surface area contributed by atoms with E-state index in [1.807, 2.05) is 0 Å². The highest BCUT2D eigenvalue weighted by Gasteiger charge is 2.11. The van der Waals surface area contributed by atoms with Gasteiger partial charge in [0.05, 0.1) is 5.56 Å². The largest absolute Gasteiger partial charge is 0.508 e. The minimum Gasteiger partial charge on any atom is -0.508 e. The van der Waals surface area contributed by atoms with Crippen molar-refractivity contribution >= 4 is 23.4 Å². The number of carbonyl (C=O) groups excluding carboxylic acids is 1. The van der Waals surface area contributed by atoms with Crippen molar-refractivity contribution in [2.45, 2.75) is 0 Å². The van der Waals surface area contributed by atoms with Crippen molar-refractivity contribution in [3.05, 3.63) is 54.1 Å². The summed E-state index contributed by atoms with van der Waals surface area (Å²) >= 11 is 0. The molecule has 2 rings (SSSR count). The predicted octanol–water partition coefficient (Wildman–Crippen LogP) is 2.76. The third kappa shape index (κ3) is 3.50. The standard InChI is InChI=1S/C15H14N2O4/c1-17(12-3-2-4-13(18)9-12)15(21)16-11-7-5-10(6-8-11)14(19)20/h2-9,18H,1H3,(H,16,21)(H,19,20). The summed E-state index contributed by atoms with van der Waals surface area (Å²) in [5.41, 5.74) is 1.17. The average molecular weight is 286 g/mol. The van der Waals surface area contributed by atoms with Crippen LogP contribution >= 0.6 is 0 Å². The molecule has 0 bridgehead atoms. The van der Waals surface area contributed by atoms with E-state index in [9.17, 15) is 14.7 Å². The van der Waals surface area contributed by atoms with Gasteiger partial charge in [-0.25, -0.2) is 9.59 Å². The van der Waals surface area contributed by atoms with Crippen molar-refractivity contribution in [1.29, 1.82) is 0 Å². The molecule has 0 saturated heterocycles. The van der Waals surface area contributed by atoms with Gasteiger partial charge < -0.3 is 15.5 Å². The molecule has 0 aliphatic heterocycles. The number of aromatic carboxylic acids is 1. The number of nitrogens with one attached hydrogen (secondary N) is 1. The lowest BCUT2D eigenvalue weighted by molar-refractivity contribution is 0.0697. The van der Waals surface area contributed by atoms with Crippen molar-refractivity contribution in [3.63, 3.8) is 0 Å². The second-order valence-corrected chi connectivity index (χ2v) is 4.39. The molecule has 0 aliphatic rings. The van der Waals surface area contributed by atoms with Crippen molar-refractivity contribution < 1.29 is 19.8 Å². The van der Waals surface area contributed by atoms with Crippen LogP contribution in [0.2, 0.25) is 0 Å². The number of urea groups is 1. The summed E-state index contributed by atoms with van der Waals surface area (Å²) in [5, 5.41) is 20.8. The van der Waals surface area contributed by atoms with E-state index in [1.165, 1.54) is 41.3 Å². The van der Waals surface area contributed by atoms with Gasteiger partial charge in [0.15, 0.2) is 0 Å². The van der Waals surface area contributed by atoms with Gasteiger partial charge in [0.2, 0.25) is 0 Å². The molecule has 2 aromatic rings. The smallest absolute Gasteiger partial charge is 0.335 e. The van der Waals surface area contributed by atoms with E-state index in [0.717, 1.165) is 0 Å². The van der Waals surface area contributed by atoms with Gasteiger partial charge in [-0.15, -0.1) is 0 Å². The van der Waals surface area contributed by atoms with Gasteiger partial charge in [0, 0.05) is 24.5 Å². The Morgan fingerprint density at radius 3 is 2.33 bits per heavy atom. The van der Waals surface area contributed by atoms with Crippen LogP contribution in [-0.2, 0) is 0 Å². The maximum Gasteiger partial charge on any atom is 0.335 e. The van der Waals surface area contributed by atoms with E-state index in [-0.39, 0.29) is 11.3 Å². The van der Waals surface area contributed by atoms with Crippen LogP contribution in [0.15, 0.2) is 48.5 Å². The van der Waals surface area contributed by atoms with Crippen LogP contribution in [0.1, 0.15) is 10.4 Å². The van der Waals surface area contributed by atoms with E-state index < -0.39 is 12.0 Å². The highest BCUT2D eigenvalue weighted by molar-refractivity contribution is 6.01. The van der Waals surface area contributed by atoms with Crippen molar-refractivity contribution in [2.75, 3.05) is 17.3 Å². The van der Waals surface area contributed by atoms with E-state index in [0.29, 0.717) is 11.4 Å². The number of carboxylic acid groups (broad SMARTS) is 1. The van der Waals surface area contributed by atoms with Crippen LogP contribution in [0.5, 0.6) is 5.75 Å². The molecular weight excluding hydrogens is 272 g/mol. The predicted molar refractivity (Wildman–Crippen MR) is 78.9 cm³/mol. The monoisotopic (exact) mass is 286 g/mol. The molecule has 0 unspecified atom stereocenters. The molecule has 2 aromatic carbocycles. The summed E-state index contributed by atoms with van der Waals surface area (Å²) in [4.78, 5) is 24.1.